The van der Waals surface area contributed by atoms with Crippen molar-refractivity contribution in [3.8, 4) is 17.2 Å². The number of hydrogen-bond acceptors (Lipinski definition) is 7. The number of carbonyl (C=O) groups is 1. The lowest BCUT2D eigenvalue weighted by Crippen LogP contribution is -2.04. The highest BCUT2D eigenvalue weighted by molar-refractivity contribution is 7.21. The maximum absolute atomic E-state index is 13.0. The van der Waals surface area contributed by atoms with E-state index in [0.29, 0.717) is 32.0 Å². The van der Waals surface area contributed by atoms with Gasteiger partial charge in [-0.3, -0.25) is 9.78 Å². The second-order valence-corrected chi connectivity index (χ2v) is 7.48. The summed E-state index contributed by atoms with van der Waals surface area (Å²) in [5.74, 6) is -0.164. The van der Waals surface area contributed by atoms with Crippen LogP contribution in [0.25, 0.3) is 21.3 Å². The van der Waals surface area contributed by atoms with Crippen molar-refractivity contribution >= 4 is 38.8 Å². The van der Waals surface area contributed by atoms with Crippen LogP contribution in [0.1, 0.15) is 33.4 Å². The van der Waals surface area contributed by atoms with Crippen LogP contribution in [0.5, 0.6) is 0 Å². The molecular weight excluding hydrogens is 382 g/mol. The van der Waals surface area contributed by atoms with Gasteiger partial charge in [0.25, 0.3) is 0 Å². The van der Waals surface area contributed by atoms with Gasteiger partial charge in [-0.2, -0.15) is 5.26 Å². The molecule has 3 aromatic heterocycles. The fraction of sp³-hybridized carbons (Fsp3) is 0.0909. The fourth-order valence-corrected chi connectivity index (χ4v) is 4.32. The van der Waals surface area contributed by atoms with E-state index in [-0.39, 0.29) is 17.2 Å². The molecule has 7 heteroatoms. The predicted molar refractivity (Wildman–Crippen MR) is 116 cm³/mol. The van der Waals surface area contributed by atoms with Gasteiger partial charge in [0, 0.05) is 17.1 Å². The molecule has 6 nitrogen and oxygen atoms in total. The van der Waals surface area contributed by atoms with Crippen LogP contribution in [0.2, 0.25) is 0 Å². The van der Waals surface area contributed by atoms with Crippen LogP contribution in [-0.4, -0.2) is 15.8 Å². The average Bonchev–Trinajstić information content (AvgIpc) is 3.08. The number of fused-ring (bicyclic) bond motifs is 1. The Morgan fingerprint density at radius 2 is 1.93 bits per heavy atom. The third-order valence-corrected chi connectivity index (χ3v) is 5.87. The number of rotatable bonds is 4. The first-order valence-electron chi connectivity index (χ1n) is 9.01. The summed E-state index contributed by atoms with van der Waals surface area (Å²) in [6, 6.07) is 15.1. The monoisotopic (exact) mass is 399 g/mol. The van der Waals surface area contributed by atoms with Crippen molar-refractivity contribution in [2.75, 3.05) is 11.5 Å². The highest BCUT2D eigenvalue weighted by Crippen LogP contribution is 2.43. The van der Waals surface area contributed by atoms with Crippen LogP contribution in [0, 0.1) is 11.3 Å². The Morgan fingerprint density at radius 1 is 1.17 bits per heavy atom. The molecular formula is C22H17N5OS. The summed E-state index contributed by atoms with van der Waals surface area (Å²) in [6.45, 7) is 2.07. The number of nitriles is 1. The van der Waals surface area contributed by atoms with Gasteiger partial charge in [0.2, 0.25) is 5.78 Å². The quantitative estimate of drug-likeness (QED) is 0.497. The van der Waals surface area contributed by atoms with Gasteiger partial charge in [-0.1, -0.05) is 37.3 Å². The average molecular weight is 399 g/mol. The fourth-order valence-electron chi connectivity index (χ4n) is 3.26. The largest absolute Gasteiger partial charge is 0.397 e. The summed E-state index contributed by atoms with van der Waals surface area (Å²) in [5.41, 5.74) is 15.9. The molecule has 0 radical (unpaired) electrons. The van der Waals surface area contributed by atoms with Gasteiger partial charge in [-0.05, 0) is 29.7 Å². The molecule has 0 aliphatic heterocycles. The number of ketones is 1. The van der Waals surface area contributed by atoms with Crippen molar-refractivity contribution in [1.29, 1.82) is 5.26 Å². The first kappa shape index (κ1) is 18.6. The van der Waals surface area contributed by atoms with E-state index in [0.717, 1.165) is 23.3 Å². The van der Waals surface area contributed by atoms with Gasteiger partial charge in [0.15, 0.2) is 0 Å². The van der Waals surface area contributed by atoms with Crippen molar-refractivity contribution in [2.24, 2.45) is 0 Å². The summed E-state index contributed by atoms with van der Waals surface area (Å²) in [7, 11) is 0. The second kappa shape index (κ2) is 7.34. The van der Waals surface area contributed by atoms with Crippen LogP contribution in [-0.2, 0) is 6.42 Å². The molecule has 0 saturated heterocycles. The van der Waals surface area contributed by atoms with Gasteiger partial charge in [0.1, 0.15) is 32.9 Å². The smallest absolute Gasteiger partial charge is 0.223 e. The zero-order valence-electron chi connectivity index (χ0n) is 15.6. The minimum Gasteiger partial charge on any atom is -0.397 e. The minimum absolute atomic E-state index is 0.118. The van der Waals surface area contributed by atoms with Crippen LogP contribution < -0.4 is 11.5 Å². The summed E-state index contributed by atoms with van der Waals surface area (Å²) >= 11 is 1.16. The zero-order chi connectivity index (χ0) is 20.5. The molecule has 142 valence electrons. The maximum atomic E-state index is 13.0. The Bertz CT molecular complexity index is 1270. The molecule has 0 spiro atoms. The number of aromatic nitrogens is 2. The maximum Gasteiger partial charge on any atom is 0.223 e. The number of nitrogens with zero attached hydrogens (tertiary/aromatic N) is 3. The first-order valence-corrected chi connectivity index (χ1v) is 9.83. The van der Waals surface area contributed by atoms with Crippen molar-refractivity contribution in [1.82, 2.24) is 9.97 Å². The third-order valence-electron chi connectivity index (χ3n) is 4.77. The van der Waals surface area contributed by atoms with Gasteiger partial charge < -0.3 is 11.5 Å². The number of carbonyl (C=O) groups excluding carboxylic acids is 1. The van der Waals surface area contributed by atoms with E-state index in [1.807, 2.05) is 24.3 Å². The van der Waals surface area contributed by atoms with Crippen LogP contribution >= 0.6 is 11.3 Å². The lowest BCUT2D eigenvalue weighted by Gasteiger charge is -2.10. The molecule has 0 fully saturated rings. The predicted octanol–water partition coefficient (Wildman–Crippen LogP) is 4.19. The third kappa shape index (κ3) is 3.10. The van der Waals surface area contributed by atoms with Crippen molar-refractivity contribution in [3.63, 3.8) is 0 Å². The molecule has 0 saturated carbocycles. The number of nitrogen functional groups attached to an aromatic ring is 2. The highest BCUT2D eigenvalue weighted by Gasteiger charge is 2.25. The molecule has 1 aromatic carbocycles. The summed E-state index contributed by atoms with van der Waals surface area (Å²) < 4.78 is 0. The second-order valence-electron chi connectivity index (χ2n) is 6.48. The van der Waals surface area contributed by atoms with E-state index in [1.165, 1.54) is 5.56 Å². The molecule has 0 aliphatic rings. The summed E-state index contributed by atoms with van der Waals surface area (Å²) in [4.78, 5) is 22.3. The molecule has 0 bridgehead atoms. The molecule has 0 aliphatic carbocycles. The molecule has 0 amide bonds. The number of nitrogens with two attached hydrogens (primary N) is 2. The summed E-state index contributed by atoms with van der Waals surface area (Å²) in [6.07, 6.45) is 2.46. The zero-order valence-corrected chi connectivity index (χ0v) is 16.5. The SMILES string of the molecule is CCc1ccc(-c2c(C#N)c(N)nc3sc(C(=O)c4ccccn4)c(N)c23)cc1. The van der Waals surface area contributed by atoms with Gasteiger partial charge in [0.05, 0.1) is 5.69 Å². The van der Waals surface area contributed by atoms with E-state index in [2.05, 4.69) is 23.0 Å². The standard InChI is InChI=1S/C22H17N5OS/c1-2-12-6-8-13(9-7-12)16-14(11-23)21(25)27-22-17(16)18(24)20(29-22)19(28)15-5-3-4-10-26-15/h3-10H,2,24H2,1H3,(H2,25,27). The summed E-state index contributed by atoms with van der Waals surface area (Å²) in [5, 5.41) is 10.3. The van der Waals surface area contributed by atoms with E-state index >= 15 is 0 Å². The Morgan fingerprint density at radius 3 is 2.55 bits per heavy atom. The lowest BCUT2D eigenvalue weighted by atomic mass is 9.96. The number of benzene rings is 1. The lowest BCUT2D eigenvalue weighted by molar-refractivity contribution is 0.103. The molecule has 4 N–H and O–H groups in total. The highest BCUT2D eigenvalue weighted by atomic mass is 32.1. The molecule has 0 atom stereocenters. The molecule has 4 rings (SSSR count). The topological polar surface area (TPSA) is 119 Å². The molecule has 3 heterocycles. The Balaban J connectivity index is 2.00. The van der Waals surface area contributed by atoms with E-state index in [9.17, 15) is 10.1 Å². The Hall–Kier alpha value is -3.76. The molecule has 0 unspecified atom stereocenters. The van der Waals surface area contributed by atoms with Gasteiger partial charge >= 0.3 is 0 Å². The van der Waals surface area contributed by atoms with E-state index in [1.54, 1.807) is 24.4 Å². The molecule has 4 aromatic rings. The first-order chi connectivity index (χ1) is 14.0. The van der Waals surface area contributed by atoms with Gasteiger partial charge in [-0.15, -0.1) is 11.3 Å². The number of hydrogen-bond donors (Lipinski definition) is 2. The van der Waals surface area contributed by atoms with Crippen LogP contribution in [0.3, 0.4) is 0 Å². The van der Waals surface area contributed by atoms with Crippen molar-refractivity contribution in [3.05, 3.63) is 70.4 Å². The van der Waals surface area contributed by atoms with Crippen molar-refractivity contribution in [2.45, 2.75) is 13.3 Å². The van der Waals surface area contributed by atoms with Crippen LogP contribution in [0.15, 0.2) is 48.7 Å². The normalized spacial score (nSPS) is 10.8. The minimum atomic E-state index is -0.282. The van der Waals surface area contributed by atoms with E-state index < -0.39 is 0 Å². The molecule has 29 heavy (non-hydrogen) atoms. The number of thiophene rings is 1. The van der Waals surface area contributed by atoms with E-state index in [4.69, 9.17) is 11.5 Å². The number of anilines is 2. The van der Waals surface area contributed by atoms with Gasteiger partial charge in [-0.25, -0.2) is 4.98 Å². The van der Waals surface area contributed by atoms with Crippen LogP contribution in [0.4, 0.5) is 11.5 Å². The number of aryl methyl sites for hydroxylation is 1. The van der Waals surface area contributed by atoms with Crippen molar-refractivity contribution < 1.29 is 4.79 Å². The Kier molecular flexibility index (Phi) is 4.71. The Labute approximate surface area is 171 Å². The number of pyridine rings is 2.